The van der Waals surface area contributed by atoms with Crippen molar-refractivity contribution in [3.63, 3.8) is 0 Å². The molecule has 1 aromatic rings. The number of unbranched alkanes of at least 4 members (excludes halogenated alkanes) is 1. The molecule has 2 rings (SSSR count). The number of carbonyl (C=O) groups is 1. The highest BCUT2D eigenvalue weighted by atomic mass is 16.5. The van der Waals surface area contributed by atoms with Gasteiger partial charge in [0.1, 0.15) is 0 Å². The Labute approximate surface area is 127 Å². The van der Waals surface area contributed by atoms with E-state index in [0.29, 0.717) is 6.54 Å². The highest BCUT2D eigenvalue weighted by molar-refractivity contribution is 5.96. The normalized spacial score (nSPS) is 13.8. The van der Waals surface area contributed by atoms with Crippen LogP contribution in [0, 0.1) is 0 Å². The molecule has 1 aliphatic rings. The van der Waals surface area contributed by atoms with Gasteiger partial charge in [0.05, 0.1) is 0 Å². The third kappa shape index (κ3) is 4.83. The second-order valence-corrected chi connectivity index (χ2v) is 5.45. The Bertz CT molecular complexity index is 460. The second kappa shape index (κ2) is 8.80. The zero-order chi connectivity index (χ0) is 14.9. The lowest BCUT2D eigenvalue weighted by Gasteiger charge is -2.19. The highest BCUT2D eigenvalue weighted by Gasteiger charge is 2.16. The minimum atomic E-state index is 0.0438. The molecule has 0 fully saturated rings. The van der Waals surface area contributed by atoms with Crippen LogP contribution in [0.2, 0.25) is 0 Å². The number of benzene rings is 1. The molecule has 1 heterocycles. The summed E-state index contributed by atoms with van der Waals surface area (Å²) in [5.74, 6) is 0.0438. The maximum Gasteiger partial charge on any atom is 0.251 e. The standard InChI is InChI=1S/C17H26N2O2/c1-2-3-11-21-12-5-9-19-17(20)16-7-4-6-14-13-18-10-8-15(14)16/h4,6-7,18H,2-3,5,8-13H2,1H3,(H,19,20). The van der Waals surface area contributed by atoms with Crippen molar-refractivity contribution in [3.8, 4) is 0 Å². The summed E-state index contributed by atoms with van der Waals surface area (Å²) >= 11 is 0. The molecule has 0 unspecified atom stereocenters. The fourth-order valence-corrected chi connectivity index (χ4v) is 2.56. The van der Waals surface area contributed by atoms with Gasteiger partial charge < -0.3 is 15.4 Å². The quantitative estimate of drug-likeness (QED) is 0.722. The fraction of sp³-hybridized carbons (Fsp3) is 0.588. The Hall–Kier alpha value is -1.39. The molecule has 0 aliphatic carbocycles. The van der Waals surface area contributed by atoms with E-state index in [0.717, 1.165) is 57.6 Å². The Morgan fingerprint density at radius 3 is 3.05 bits per heavy atom. The fourth-order valence-electron chi connectivity index (χ4n) is 2.56. The zero-order valence-corrected chi connectivity index (χ0v) is 12.9. The highest BCUT2D eigenvalue weighted by Crippen LogP contribution is 2.18. The van der Waals surface area contributed by atoms with E-state index in [1.54, 1.807) is 0 Å². The second-order valence-electron chi connectivity index (χ2n) is 5.45. The summed E-state index contributed by atoms with van der Waals surface area (Å²) in [6.45, 7) is 6.18. The van der Waals surface area contributed by atoms with Crippen molar-refractivity contribution >= 4 is 5.91 Å². The first-order chi connectivity index (χ1) is 10.3. The molecule has 0 radical (unpaired) electrons. The first-order valence-corrected chi connectivity index (χ1v) is 8.00. The number of ether oxygens (including phenoxy) is 1. The first kappa shape index (κ1) is 16.0. The summed E-state index contributed by atoms with van der Waals surface area (Å²) in [6.07, 6.45) is 4.06. The molecular formula is C17H26N2O2. The molecule has 0 atom stereocenters. The Morgan fingerprint density at radius 2 is 2.19 bits per heavy atom. The van der Waals surface area contributed by atoms with Crippen molar-refractivity contribution < 1.29 is 9.53 Å². The van der Waals surface area contributed by atoms with E-state index in [4.69, 9.17) is 4.74 Å². The lowest BCUT2D eigenvalue weighted by molar-refractivity contribution is 0.0939. The van der Waals surface area contributed by atoms with Crippen LogP contribution in [0.3, 0.4) is 0 Å². The van der Waals surface area contributed by atoms with Crippen LogP contribution in [0.4, 0.5) is 0 Å². The topological polar surface area (TPSA) is 50.4 Å². The van der Waals surface area contributed by atoms with Crippen LogP contribution >= 0.6 is 0 Å². The molecule has 0 aromatic heterocycles. The van der Waals surface area contributed by atoms with E-state index in [1.165, 1.54) is 11.1 Å². The van der Waals surface area contributed by atoms with Gasteiger partial charge in [0, 0.05) is 31.9 Å². The number of carbonyl (C=O) groups excluding carboxylic acids is 1. The third-order valence-corrected chi connectivity index (χ3v) is 3.78. The van der Waals surface area contributed by atoms with Crippen molar-refractivity contribution in [2.45, 2.75) is 39.2 Å². The molecule has 4 nitrogen and oxygen atoms in total. The van der Waals surface area contributed by atoms with Gasteiger partial charge in [0.25, 0.3) is 5.91 Å². The van der Waals surface area contributed by atoms with Crippen LogP contribution in [0.15, 0.2) is 18.2 Å². The number of hydrogen-bond donors (Lipinski definition) is 2. The Balaban J connectivity index is 1.76. The number of hydrogen-bond acceptors (Lipinski definition) is 3. The molecule has 1 amide bonds. The van der Waals surface area contributed by atoms with Crippen molar-refractivity contribution in [1.29, 1.82) is 0 Å². The van der Waals surface area contributed by atoms with Crippen LogP contribution in [0.25, 0.3) is 0 Å². The van der Waals surface area contributed by atoms with Gasteiger partial charge in [0.15, 0.2) is 0 Å². The van der Waals surface area contributed by atoms with E-state index in [-0.39, 0.29) is 5.91 Å². The molecule has 1 aliphatic heterocycles. The molecule has 2 N–H and O–H groups in total. The van der Waals surface area contributed by atoms with E-state index < -0.39 is 0 Å². The minimum Gasteiger partial charge on any atom is -0.381 e. The summed E-state index contributed by atoms with van der Waals surface area (Å²) in [4.78, 5) is 12.3. The Kier molecular flexibility index (Phi) is 6.70. The number of nitrogens with one attached hydrogen (secondary N) is 2. The van der Waals surface area contributed by atoms with E-state index in [9.17, 15) is 4.79 Å². The van der Waals surface area contributed by atoms with Gasteiger partial charge in [-0.2, -0.15) is 0 Å². The maximum absolute atomic E-state index is 12.3. The molecule has 21 heavy (non-hydrogen) atoms. The lowest BCUT2D eigenvalue weighted by atomic mass is 9.95. The SMILES string of the molecule is CCCCOCCCNC(=O)c1cccc2c1CCNC2. The average Bonchev–Trinajstić information content (AvgIpc) is 2.53. The lowest BCUT2D eigenvalue weighted by Crippen LogP contribution is -2.30. The number of rotatable bonds is 8. The van der Waals surface area contributed by atoms with Crippen molar-refractivity contribution in [3.05, 3.63) is 34.9 Å². The minimum absolute atomic E-state index is 0.0438. The predicted molar refractivity (Wildman–Crippen MR) is 84.5 cm³/mol. The van der Waals surface area contributed by atoms with Crippen LogP contribution in [0.1, 0.15) is 47.7 Å². The van der Waals surface area contributed by atoms with Crippen LogP contribution in [-0.4, -0.2) is 32.2 Å². The van der Waals surface area contributed by atoms with Gasteiger partial charge in [-0.05, 0) is 43.0 Å². The van der Waals surface area contributed by atoms with E-state index in [1.807, 2.05) is 12.1 Å². The van der Waals surface area contributed by atoms with E-state index >= 15 is 0 Å². The molecule has 1 aromatic carbocycles. The summed E-state index contributed by atoms with van der Waals surface area (Å²) in [5.41, 5.74) is 3.28. The predicted octanol–water partition coefficient (Wildman–Crippen LogP) is 2.27. The smallest absolute Gasteiger partial charge is 0.251 e. The van der Waals surface area contributed by atoms with Gasteiger partial charge in [-0.3, -0.25) is 4.79 Å². The van der Waals surface area contributed by atoms with Gasteiger partial charge >= 0.3 is 0 Å². The first-order valence-electron chi connectivity index (χ1n) is 8.00. The van der Waals surface area contributed by atoms with Crippen LogP contribution in [0.5, 0.6) is 0 Å². The van der Waals surface area contributed by atoms with Gasteiger partial charge in [-0.25, -0.2) is 0 Å². The molecule has 0 saturated carbocycles. The summed E-state index contributed by atoms with van der Waals surface area (Å²) in [7, 11) is 0. The number of amides is 1. The van der Waals surface area contributed by atoms with Gasteiger partial charge in [0.2, 0.25) is 0 Å². The summed E-state index contributed by atoms with van der Waals surface area (Å²) < 4.78 is 5.49. The monoisotopic (exact) mass is 290 g/mol. The maximum atomic E-state index is 12.3. The van der Waals surface area contributed by atoms with Crippen molar-refractivity contribution in [2.75, 3.05) is 26.3 Å². The average molecular weight is 290 g/mol. The van der Waals surface area contributed by atoms with Gasteiger partial charge in [-0.15, -0.1) is 0 Å². The van der Waals surface area contributed by atoms with Crippen molar-refractivity contribution in [2.24, 2.45) is 0 Å². The molecule has 0 saturated heterocycles. The molecular weight excluding hydrogens is 264 g/mol. The van der Waals surface area contributed by atoms with Crippen LogP contribution in [-0.2, 0) is 17.7 Å². The zero-order valence-electron chi connectivity index (χ0n) is 12.9. The third-order valence-electron chi connectivity index (χ3n) is 3.78. The molecule has 116 valence electrons. The molecule has 4 heteroatoms. The molecule has 0 spiro atoms. The largest absolute Gasteiger partial charge is 0.381 e. The molecule has 0 bridgehead atoms. The summed E-state index contributed by atoms with van der Waals surface area (Å²) in [5, 5.41) is 6.34. The van der Waals surface area contributed by atoms with Gasteiger partial charge in [-0.1, -0.05) is 25.5 Å². The number of fused-ring (bicyclic) bond motifs is 1. The van der Waals surface area contributed by atoms with E-state index in [2.05, 4.69) is 23.6 Å². The van der Waals surface area contributed by atoms with Crippen molar-refractivity contribution in [1.82, 2.24) is 10.6 Å². The van der Waals surface area contributed by atoms with Crippen LogP contribution < -0.4 is 10.6 Å². The summed E-state index contributed by atoms with van der Waals surface area (Å²) in [6, 6.07) is 5.99. The Morgan fingerprint density at radius 1 is 1.33 bits per heavy atom.